The van der Waals surface area contributed by atoms with Gasteiger partial charge in [-0.3, -0.25) is 9.48 Å². The lowest BCUT2D eigenvalue weighted by molar-refractivity contribution is -0.125. The van der Waals surface area contributed by atoms with Gasteiger partial charge in [-0.25, -0.2) is 0 Å². The Morgan fingerprint density at radius 1 is 1.32 bits per heavy atom. The van der Waals surface area contributed by atoms with Crippen LogP contribution in [0.25, 0.3) is 0 Å². The second-order valence-electron chi connectivity index (χ2n) is 6.99. The molecular formula is C18H20Cl2N4O. The summed E-state index contributed by atoms with van der Waals surface area (Å²) in [4.78, 5) is 13.0. The van der Waals surface area contributed by atoms with Crippen molar-refractivity contribution in [2.24, 2.45) is 13.0 Å². The van der Waals surface area contributed by atoms with Gasteiger partial charge in [-0.1, -0.05) is 29.3 Å². The number of carbonyl (C=O) groups excluding carboxylic acids is 1. The van der Waals surface area contributed by atoms with Gasteiger partial charge in [0.2, 0.25) is 5.91 Å². The largest absolute Gasteiger partial charge is 0.346 e. The zero-order valence-electron chi connectivity index (χ0n) is 13.9. The Labute approximate surface area is 156 Å². The van der Waals surface area contributed by atoms with E-state index in [1.165, 1.54) is 0 Å². The number of rotatable bonds is 4. The summed E-state index contributed by atoms with van der Waals surface area (Å²) in [6.45, 7) is 1.45. The third kappa shape index (κ3) is 3.05. The van der Waals surface area contributed by atoms with Gasteiger partial charge in [0.1, 0.15) is 0 Å². The van der Waals surface area contributed by atoms with Crippen LogP contribution in [0, 0.1) is 5.92 Å². The van der Waals surface area contributed by atoms with Crippen LogP contribution < -0.4 is 10.6 Å². The molecule has 0 spiro atoms. The molecule has 1 saturated carbocycles. The predicted molar refractivity (Wildman–Crippen MR) is 97.8 cm³/mol. The van der Waals surface area contributed by atoms with Crippen molar-refractivity contribution in [3.63, 3.8) is 0 Å². The maximum absolute atomic E-state index is 13.0. The van der Waals surface area contributed by atoms with Crippen molar-refractivity contribution in [1.29, 1.82) is 0 Å². The molecule has 0 bridgehead atoms. The van der Waals surface area contributed by atoms with Gasteiger partial charge < -0.3 is 10.6 Å². The Hall–Kier alpha value is -1.56. The fourth-order valence-electron chi connectivity index (χ4n) is 3.78. The van der Waals surface area contributed by atoms with Crippen molar-refractivity contribution in [3.05, 3.63) is 51.8 Å². The molecule has 4 rings (SSSR count). The summed E-state index contributed by atoms with van der Waals surface area (Å²) >= 11 is 12.7. The molecule has 2 aromatic rings. The summed E-state index contributed by atoms with van der Waals surface area (Å²) in [6.07, 6.45) is 5.55. The monoisotopic (exact) mass is 378 g/mol. The van der Waals surface area contributed by atoms with Crippen LogP contribution in [0.15, 0.2) is 30.6 Å². The topological polar surface area (TPSA) is 59.0 Å². The second kappa shape index (κ2) is 6.31. The molecule has 1 amide bonds. The Morgan fingerprint density at radius 2 is 2.04 bits per heavy atom. The molecule has 132 valence electrons. The number of carbonyl (C=O) groups is 1. The number of hydrogen-bond acceptors (Lipinski definition) is 3. The highest BCUT2D eigenvalue weighted by Crippen LogP contribution is 2.51. The predicted octanol–water partition coefficient (Wildman–Crippen LogP) is 2.84. The third-order valence-corrected chi connectivity index (χ3v) is 5.89. The smallest absolute Gasteiger partial charge is 0.225 e. The number of benzene rings is 1. The molecule has 2 atom stereocenters. The Kier molecular flexibility index (Phi) is 4.26. The van der Waals surface area contributed by atoms with Crippen LogP contribution in [-0.2, 0) is 17.4 Å². The van der Waals surface area contributed by atoms with E-state index in [1.54, 1.807) is 4.68 Å². The molecule has 1 aromatic carbocycles. The summed E-state index contributed by atoms with van der Waals surface area (Å²) in [5.74, 6) is 0.0569. The van der Waals surface area contributed by atoms with Crippen LogP contribution in [0.3, 0.4) is 0 Å². The SMILES string of the molecule is Cn1cc([C@H]2CNC[C@@H]2C(=O)NC2(c3c(Cl)cccc3Cl)CC2)cn1. The van der Waals surface area contributed by atoms with Crippen LogP contribution in [0.2, 0.25) is 10.0 Å². The molecule has 25 heavy (non-hydrogen) atoms. The van der Waals surface area contributed by atoms with Crippen LogP contribution in [-0.4, -0.2) is 28.8 Å². The van der Waals surface area contributed by atoms with Crippen LogP contribution in [0.4, 0.5) is 0 Å². The summed E-state index contributed by atoms with van der Waals surface area (Å²) < 4.78 is 1.77. The van der Waals surface area contributed by atoms with E-state index in [1.807, 2.05) is 37.6 Å². The van der Waals surface area contributed by atoms with Crippen molar-refractivity contribution < 1.29 is 4.79 Å². The molecule has 2 N–H and O–H groups in total. The number of hydrogen-bond donors (Lipinski definition) is 2. The van der Waals surface area contributed by atoms with Gasteiger partial charge in [-0.15, -0.1) is 0 Å². The molecule has 2 fully saturated rings. The fourth-order valence-corrected chi connectivity index (χ4v) is 4.54. The van der Waals surface area contributed by atoms with Crippen molar-refractivity contribution in [1.82, 2.24) is 20.4 Å². The molecule has 7 heteroatoms. The van der Waals surface area contributed by atoms with Gasteiger partial charge in [0.15, 0.2) is 0 Å². The first kappa shape index (κ1) is 16.9. The van der Waals surface area contributed by atoms with Gasteiger partial charge in [0.05, 0.1) is 17.7 Å². The van der Waals surface area contributed by atoms with E-state index >= 15 is 0 Å². The van der Waals surface area contributed by atoms with Crippen LogP contribution in [0.1, 0.15) is 29.9 Å². The average molecular weight is 379 g/mol. The normalized spacial score (nSPS) is 24.3. The minimum atomic E-state index is -0.422. The van der Waals surface area contributed by atoms with Gasteiger partial charge in [0, 0.05) is 47.9 Å². The minimum absolute atomic E-state index is 0.0485. The summed E-state index contributed by atoms with van der Waals surface area (Å²) in [7, 11) is 1.89. The van der Waals surface area contributed by atoms with E-state index in [9.17, 15) is 4.79 Å². The zero-order valence-corrected chi connectivity index (χ0v) is 15.4. The minimum Gasteiger partial charge on any atom is -0.346 e. The van der Waals surface area contributed by atoms with E-state index in [0.717, 1.165) is 30.5 Å². The molecule has 1 aliphatic carbocycles. The number of nitrogens with one attached hydrogen (secondary N) is 2. The van der Waals surface area contributed by atoms with Crippen LogP contribution >= 0.6 is 23.2 Å². The van der Waals surface area contributed by atoms with Gasteiger partial charge >= 0.3 is 0 Å². The van der Waals surface area contributed by atoms with E-state index in [-0.39, 0.29) is 17.7 Å². The van der Waals surface area contributed by atoms with Gasteiger partial charge in [0.25, 0.3) is 0 Å². The number of amides is 1. The van der Waals surface area contributed by atoms with E-state index in [4.69, 9.17) is 23.2 Å². The molecule has 5 nitrogen and oxygen atoms in total. The van der Waals surface area contributed by atoms with E-state index in [2.05, 4.69) is 15.7 Å². The Bertz CT molecular complexity index is 795. The quantitative estimate of drug-likeness (QED) is 0.859. The fraction of sp³-hybridized carbons (Fsp3) is 0.444. The number of aromatic nitrogens is 2. The lowest BCUT2D eigenvalue weighted by Crippen LogP contribution is -2.41. The lowest BCUT2D eigenvalue weighted by Gasteiger charge is -2.24. The van der Waals surface area contributed by atoms with Crippen molar-refractivity contribution in [2.75, 3.05) is 13.1 Å². The highest BCUT2D eigenvalue weighted by molar-refractivity contribution is 6.36. The summed E-state index contributed by atoms with van der Waals surface area (Å²) in [6, 6.07) is 5.47. The third-order valence-electron chi connectivity index (χ3n) is 5.26. The lowest BCUT2D eigenvalue weighted by atomic mass is 9.89. The maximum atomic E-state index is 13.0. The van der Waals surface area contributed by atoms with Crippen molar-refractivity contribution in [3.8, 4) is 0 Å². The maximum Gasteiger partial charge on any atom is 0.225 e. The first-order chi connectivity index (χ1) is 12.0. The van der Waals surface area contributed by atoms with E-state index in [0.29, 0.717) is 16.6 Å². The molecular weight excluding hydrogens is 359 g/mol. The number of nitrogens with zero attached hydrogens (tertiary/aromatic N) is 2. The summed E-state index contributed by atoms with van der Waals surface area (Å²) in [5, 5.41) is 12.0. The Balaban J connectivity index is 1.55. The van der Waals surface area contributed by atoms with Crippen molar-refractivity contribution >= 4 is 29.1 Å². The summed E-state index contributed by atoms with van der Waals surface area (Å²) in [5.41, 5.74) is 1.51. The first-order valence-electron chi connectivity index (χ1n) is 8.46. The molecule has 1 saturated heterocycles. The molecule has 0 radical (unpaired) electrons. The molecule has 2 heterocycles. The van der Waals surface area contributed by atoms with Crippen molar-refractivity contribution in [2.45, 2.75) is 24.3 Å². The molecule has 0 unspecified atom stereocenters. The molecule has 1 aromatic heterocycles. The highest BCUT2D eigenvalue weighted by atomic mass is 35.5. The first-order valence-corrected chi connectivity index (χ1v) is 9.21. The average Bonchev–Trinajstić information content (AvgIpc) is 2.98. The highest BCUT2D eigenvalue weighted by Gasteiger charge is 2.50. The van der Waals surface area contributed by atoms with Crippen LogP contribution in [0.5, 0.6) is 0 Å². The molecule has 1 aliphatic heterocycles. The zero-order chi connectivity index (χ0) is 17.6. The van der Waals surface area contributed by atoms with Gasteiger partial charge in [-0.05, 0) is 30.5 Å². The van der Waals surface area contributed by atoms with E-state index < -0.39 is 5.54 Å². The number of halogens is 2. The van der Waals surface area contributed by atoms with Gasteiger partial charge in [-0.2, -0.15) is 5.10 Å². The Morgan fingerprint density at radius 3 is 2.64 bits per heavy atom. The standard InChI is InChI=1S/C18H20Cl2N4O/c1-24-10-11(7-22-24)12-8-21-9-13(12)17(25)23-18(5-6-18)16-14(19)3-2-4-15(16)20/h2-4,7,10,12-13,21H,5-6,8-9H2,1H3,(H,23,25)/t12-,13+/m1/s1. The second-order valence-corrected chi connectivity index (χ2v) is 7.80. The molecule has 2 aliphatic rings. The number of aryl methyl sites for hydroxylation is 1.